The number of para-hydroxylation sites is 1. The summed E-state index contributed by atoms with van der Waals surface area (Å²) in [5.41, 5.74) is 6.44. The van der Waals surface area contributed by atoms with Gasteiger partial charge in [0.15, 0.2) is 0 Å². The Labute approximate surface area is 133 Å². The zero-order valence-electron chi connectivity index (χ0n) is 12.5. The number of thioether (sulfide) groups is 1. The molecule has 1 amide bonds. The molecule has 0 atom stereocenters. The molecular formula is C14H18N6OS. The number of rotatable bonds is 6. The largest absolute Gasteiger partial charge is 0.368 e. The Morgan fingerprint density at radius 3 is 2.64 bits per heavy atom. The molecule has 1 aromatic heterocycles. The van der Waals surface area contributed by atoms with Gasteiger partial charge in [-0.25, -0.2) is 0 Å². The molecule has 1 heterocycles. The van der Waals surface area contributed by atoms with E-state index in [1.54, 1.807) is 4.90 Å². The van der Waals surface area contributed by atoms with Crippen molar-refractivity contribution in [1.29, 1.82) is 0 Å². The van der Waals surface area contributed by atoms with Gasteiger partial charge in [-0.1, -0.05) is 18.2 Å². The van der Waals surface area contributed by atoms with Crippen molar-refractivity contribution in [3.8, 4) is 0 Å². The van der Waals surface area contributed by atoms with Gasteiger partial charge in [-0.05, 0) is 12.1 Å². The van der Waals surface area contributed by atoms with Crippen LogP contribution in [0.4, 0.5) is 17.6 Å². The molecule has 0 radical (unpaired) electrons. The van der Waals surface area contributed by atoms with Crippen molar-refractivity contribution < 1.29 is 4.79 Å². The van der Waals surface area contributed by atoms with Crippen LogP contribution < -0.4 is 16.0 Å². The lowest BCUT2D eigenvalue weighted by Crippen LogP contribution is -2.16. The highest BCUT2D eigenvalue weighted by atomic mass is 32.2. The van der Waals surface area contributed by atoms with Crippen molar-refractivity contribution in [3.63, 3.8) is 0 Å². The lowest BCUT2D eigenvalue weighted by Gasteiger charge is -2.11. The molecule has 0 bridgehead atoms. The summed E-state index contributed by atoms with van der Waals surface area (Å²) >= 11 is 1.42. The SMILES string of the molecule is CN(C)c1nc(N)nc(CSCC(=O)Nc2ccccc2)n1. The van der Waals surface area contributed by atoms with Gasteiger partial charge in [0, 0.05) is 19.8 Å². The van der Waals surface area contributed by atoms with Crippen LogP contribution >= 0.6 is 11.8 Å². The molecule has 7 nitrogen and oxygen atoms in total. The highest BCUT2D eigenvalue weighted by molar-refractivity contribution is 7.99. The topological polar surface area (TPSA) is 97.0 Å². The van der Waals surface area contributed by atoms with Crippen LogP contribution in [0.2, 0.25) is 0 Å². The Hall–Kier alpha value is -2.35. The van der Waals surface area contributed by atoms with Crippen LogP contribution in [0.1, 0.15) is 5.82 Å². The van der Waals surface area contributed by atoms with Crippen molar-refractivity contribution in [2.24, 2.45) is 0 Å². The third-order valence-corrected chi connectivity index (χ3v) is 3.54. The van der Waals surface area contributed by atoms with Gasteiger partial charge in [-0.15, -0.1) is 11.8 Å². The number of nitrogens with one attached hydrogen (secondary N) is 1. The summed E-state index contributed by atoms with van der Waals surface area (Å²) in [4.78, 5) is 26.0. The second kappa shape index (κ2) is 7.60. The molecule has 1 aromatic carbocycles. The smallest absolute Gasteiger partial charge is 0.234 e. The molecule has 22 heavy (non-hydrogen) atoms. The molecule has 0 saturated carbocycles. The van der Waals surface area contributed by atoms with Gasteiger partial charge in [0.2, 0.25) is 17.8 Å². The monoisotopic (exact) mass is 318 g/mol. The fourth-order valence-corrected chi connectivity index (χ4v) is 2.31. The van der Waals surface area contributed by atoms with Crippen molar-refractivity contribution in [2.75, 3.05) is 35.8 Å². The predicted molar refractivity (Wildman–Crippen MR) is 89.8 cm³/mol. The molecule has 0 spiro atoms. The second-order valence-corrected chi connectivity index (χ2v) is 5.70. The third-order valence-electron chi connectivity index (χ3n) is 2.61. The first kappa shape index (κ1) is 16.0. The zero-order chi connectivity index (χ0) is 15.9. The number of hydrogen-bond donors (Lipinski definition) is 2. The lowest BCUT2D eigenvalue weighted by atomic mass is 10.3. The number of nitrogens with two attached hydrogens (primary N) is 1. The predicted octanol–water partition coefficient (Wildman–Crippen LogP) is 1.39. The van der Waals surface area contributed by atoms with Gasteiger partial charge >= 0.3 is 0 Å². The Morgan fingerprint density at radius 2 is 1.95 bits per heavy atom. The highest BCUT2D eigenvalue weighted by Crippen LogP contribution is 2.13. The van der Waals surface area contributed by atoms with E-state index in [0.717, 1.165) is 5.69 Å². The van der Waals surface area contributed by atoms with E-state index in [1.165, 1.54) is 11.8 Å². The molecule has 0 aliphatic heterocycles. The van der Waals surface area contributed by atoms with Crippen molar-refractivity contribution >= 4 is 35.3 Å². The molecule has 0 unspecified atom stereocenters. The Bertz CT molecular complexity index is 634. The van der Waals surface area contributed by atoms with E-state index < -0.39 is 0 Å². The summed E-state index contributed by atoms with van der Waals surface area (Å²) in [6, 6.07) is 9.34. The number of carbonyl (C=O) groups excluding carboxylic acids is 1. The standard InChI is InChI=1S/C14H18N6OS/c1-20(2)14-18-11(17-13(15)19-14)8-22-9-12(21)16-10-6-4-3-5-7-10/h3-7H,8-9H2,1-2H3,(H,16,21)(H2,15,17,18,19). The maximum Gasteiger partial charge on any atom is 0.234 e. The summed E-state index contributed by atoms with van der Waals surface area (Å²) in [7, 11) is 3.66. The summed E-state index contributed by atoms with van der Waals surface area (Å²) < 4.78 is 0. The van der Waals surface area contributed by atoms with Crippen molar-refractivity contribution in [1.82, 2.24) is 15.0 Å². The number of aromatic nitrogens is 3. The molecular weight excluding hydrogens is 300 g/mol. The minimum absolute atomic E-state index is 0.0638. The third kappa shape index (κ3) is 4.88. The van der Waals surface area contributed by atoms with E-state index in [9.17, 15) is 4.79 Å². The molecule has 0 aliphatic carbocycles. The van der Waals surface area contributed by atoms with Gasteiger partial charge in [-0.3, -0.25) is 4.79 Å². The number of hydrogen-bond acceptors (Lipinski definition) is 7. The first-order valence-electron chi connectivity index (χ1n) is 6.65. The summed E-state index contributed by atoms with van der Waals surface area (Å²) in [6.45, 7) is 0. The number of amides is 1. The first-order chi connectivity index (χ1) is 10.5. The van der Waals surface area contributed by atoms with Crippen LogP contribution in [0.5, 0.6) is 0 Å². The van der Waals surface area contributed by atoms with E-state index >= 15 is 0 Å². The Kier molecular flexibility index (Phi) is 5.54. The minimum atomic E-state index is -0.0638. The van der Waals surface area contributed by atoms with E-state index in [4.69, 9.17) is 5.73 Å². The maximum absolute atomic E-state index is 11.8. The second-order valence-electron chi connectivity index (χ2n) is 4.71. The number of benzene rings is 1. The van der Waals surface area contributed by atoms with Gasteiger partial charge in [0.05, 0.1) is 11.5 Å². The van der Waals surface area contributed by atoms with Crippen molar-refractivity contribution in [2.45, 2.75) is 5.75 Å². The number of anilines is 3. The zero-order valence-corrected chi connectivity index (χ0v) is 13.3. The van der Waals surface area contributed by atoms with Crippen LogP contribution in [-0.4, -0.2) is 40.7 Å². The van der Waals surface area contributed by atoms with Crippen LogP contribution in [0.3, 0.4) is 0 Å². The first-order valence-corrected chi connectivity index (χ1v) is 7.80. The lowest BCUT2D eigenvalue weighted by molar-refractivity contribution is -0.113. The van der Waals surface area contributed by atoms with Crippen LogP contribution in [0.25, 0.3) is 0 Å². The Balaban J connectivity index is 1.84. The fourth-order valence-electron chi connectivity index (χ4n) is 1.64. The van der Waals surface area contributed by atoms with Gasteiger partial charge < -0.3 is 16.0 Å². The van der Waals surface area contributed by atoms with Gasteiger partial charge in [0.1, 0.15) is 5.82 Å². The van der Waals surface area contributed by atoms with E-state index in [-0.39, 0.29) is 11.9 Å². The quantitative estimate of drug-likeness (QED) is 0.830. The number of nitrogen functional groups attached to an aromatic ring is 1. The van der Waals surface area contributed by atoms with Crippen LogP contribution in [-0.2, 0) is 10.5 Å². The average Bonchev–Trinajstić information content (AvgIpc) is 2.47. The number of nitrogens with zero attached hydrogens (tertiary/aromatic N) is 4. The summed E-state index contributed by atoms with van der Waals surface area (Å²) in [5, 5.41) is 2.82. The van der Waals surface area contributed by atoms with Crippen LogP contribution in [0, 0.1) is 0 Å². The fraction of sp³-hybridized carbons (Fsp3) is 0.286. The highest BCUT2D eigenvalue weighted by Gasteiger charge is 2.08. The minimum Gasteiger partial charge on any atom is -0.368 e. The molecule has 8 heteroatoms. The van der Waals surface area contributed by atoms with Crippen LogP contribution in [0.15, 0.2) is 30.3 Å². The average molecular weight is 318 g/mol. The van der Waals surface area contributed by atoms with Crippen molar-refractivity contribution in [3.05, 3.63) is 36.2 Å². The molecule has 2 aromatic rings. The summed E-state index contributed by atoms with van der Waals surface area (Å²) in [5.74, 6) is 2.01. The maximum atomic E-state index is 11.8. The molecule has 116 valence electrons. The molecule has 2 rings (SSSR count). The van der Waals surface area contributed by atoms with Gasteiger partial charge in [0.25, 0.3) is 0 Å². The van der Waals surface area contributed by atoms with Gasteiger partial charge in [-0.2, -0.15) is 15.0 Å². The molecule has 0 saturated heterocycles. The van der Waals surface area contributed by atoms with E-state index in [1.807, 2.05) is 44.4 Å². The molecule has 3 N–H and O–H groups in total. The number of carbonyl (C=O) groups is 1. The summed E-state index contributed by atoms with van der Waals surface area (Å²) in [6.07, 6.45) is 0. The molecule has 0 fully saturated rings. The molecule has 0 aliphatic rings. The van der Waals surface area contributed by atoms with E-state index in [2.05, 4.69) is 20.3 Å². The van der Waals surface area contributed by atoms with E-state index in [0.29, 0.717) is 23.3 Å². The Morgan fingerprint density at radius 1 is 1.23 bits per heavy atom. The normalized spacial score (nSPS) is 10.3.